The first-order valence-corrected chi connectivity index (χ1v) is 10.5. The van der Waals surface area contributed by atoms with Crippen molar-refractivity contribution in [3.63, 3.8) is 0 Å². The van der Waals surface area contributed by atoms with Gasteiger partial charge in [-0.05, 0) is 29.7 Å². The van der Waals surface area contributed by atoms with Crippen molar-refractivity contribution < 1.29 is 18.0 Å². The summed E-state index contributed by atoms with van der Waals surface area (Å²) in [5, 5.41) is 2.09. The predicted octanol–water partition coefficient (Wildman–Crippen LogP) is 1.81. The minimum absolute atomic E-state index is 0.0318. The average Bonchev–Trinajstić information content (AvgIpc) is 2.64. The van der Waals surface area contributed by atoms with Crippen LogP contribution in [0.4, 0.5) is 0 Å². The highest BCUT2D eigenvalue weighted by atomic mass is 32.2. The van der Waals surface area contributed by atoms with E-state index in [2.05, 4.69) is 4.72 Å². The second kappa shape index (κ2) is 7.55. The van der Waals surface area contributed by atoms with Crippen molar-refractivity contribution in [2.45, 2.75) is 12.8 Å². The molecule has 0 unspecified atom stereocenters. The SMILES string of the molecule is CS(=O)(=O)NCC(=O)N1CCC[C@H](C(=O)c2ccc3ccccc3c2)C1. The summed E-state index contributed by atoms with van der Waals surface area (Å²) in [5.74, 6) is -0.525. The zero-order valence-corrected chi connectivity index (χ0v) is 15.5. The van der Waals surface area contributed by atoms with E-state index in [1.165, 1.54) is 0 Å². The lowest BCUT2D eigenvalue weighted by atomic mass is 9.89. The monoisotopic (exact) mass is 374 g/mol. The largest absolute Gasteiger partial charge is 0.341 e. The summed E-state index contributed by atoms with van der Waals surface area (Å²) < 4.78 is 24.5. The molecule has 1 amide bonds. The fourth-order valence-corrected chi connectivity index (χ4v) is 3.69. The molecule has 2 aromatic carbocycles. The molecule has 0 spiro atoms. The molecule has 1 N–H and O–H groups in total. The van der Waals surface area contributed by atoms with Gasteiger partial charge in [0.15, 0.2) is 5.78 Å². The molecular formula is C19H22N2O4S. The fraction of sp³-hybridized carbons (Fsp3) is 0.368. The van der Waals surface area contributed by atoms with Gasteiger partial charge in [-0.2, -0.15) is 0 Å². The van der Waals surface area contributed by atoms with Crippen molar-refractivity contribution in [2.75, 3.05) is 25.9 Å². The van der Waals surface area contributed by atoms with Crippen molar-refractivity contribution in [3.05, 3.63) is 48.0 Å². The molecule has 7 heteroatoms. The molecule has 2 aromatic rings. The lowest BCUT2D eigenvalue weighted by molar-refractivity contribution is -0.131. The Hall–Kier alpha value is -2.25. The van der Waals surface area contributed by atoms with Crippen molar-refractivity contribution >= 4 is 32.5 Å². The second-order valence-corrected chi connectivity index (χ2v) is 8.53. The molecule has 0 aromatic heterocycles. The molecule has 1 atom stereocenters. The number of Topliss-reactive ketones (excluding diaryl/α,β-unsaturated/α-hetero) is 1. The molecular weight excluding hydrogens is 352 g/mol. The third-order valence-electron chi connectivity index (χ3n) is 4.66. The number of rotatable bonds is 5. The Balaban J connectivity index is 1.69. The molecule has 0 bridgehead atoms. The Morgan fingerprint density at radius 3 is 2.62 bits per heavy atom. The fourth-order valence-electron chi connectivity index (χ4n) is 3.30. The van der Waals surface area contributed by atoms with Crippen LogP contribution in [0.2, 0.25) is 0 Å². The molecule has 138 valence electrons. The Kier molecular flexibility index (Phi) is 5.38. The van der Waals surface area contributed by atoms with Crippen LogP contribution in [0.25, 0.3) is 10.8 Å². The smallest absolute Gasteiger partial charge is 0.237 e. The number of nitrogens with zero attached hydrogens (tertiary/aromatic N) is 1. The van der Waals surface area contributed by atoms with Gasteiger partial charge in [-0.3, -0.25) is 9.59 Å². The zero-order chi connectivity index (χ0) is 18.7. The van der Waals surface area contributed by atoms with E-state index >= 15 is 0 Å². The number of ketones is 1. The maximum atomic E-state index is 12.9. The number of sulfonamides is 1. The van der Waals surface area contributed by atoms with Gasteiger partial charge in [0.2, 0.25) is 15.9 Å². The maximum Gasteiger partial charge on any atom is 0.237 e. The molecule has 6 nitrogen and oxygen atoms in total. The Labute approximate surface area is 153 Å². The van der Waals surface area contributed by atoms with Gasteiger partial charge in [0.05, 0.1) is 12.8 Å². The van der Waals surface area contributed by atoms with Gasteiger partial charge in [0.1, 0.15) is 0 Å². The molecule has 26 heavy (non-hydrogen) atoms. The Morgan fingerprint density at radius 2 is 1.88 bits per heavy atom. The molecule has 1 fully saturated rings. The van der Waals surface area contributed by atoms with Gasteiger partial charge in [-0.25, -0.2) is 13.1 Å². The van der Waals surface area contributed by atoms with E-state index < -0.39 is 10.0 Å². The zero-order valence-electron chi connectivity index (χ0n) is 14.6. The van der Waals surface area contributed by atoms with Gasteiger partial charge in [-0.15, -0.1) is 0 Å². The summed E-state index contributed by atoms with van der Waals surface area (Å²) in [4.78, 5) is 26.7. The minimum atomic E-state index is -3.42. The highest BCUT2D eigenvalue weighted by Crippen LogP contribution is 2.23. The maximum absolute atomic E-state index is 12.9. The number of likely N-dealkylation sites (tertiary alicyclic amines) is 1. The van der Waals surface area contributed by atoms with Crippen LogP contribution in [0.5, 0.6) is 0 Å². The van der Waals surface area contributed by atoms with Crippen LogP contribution >= 0.6 is 0 Å². The minimum Gasteiger partial charge on any atom is -0.341 e. The second-order valence-electron chi connectivity index (χ2n) is 6.70. The van der Waals surface area contributed by atoms with E-state index in [1.807, 2.05) is 42.5 Å². The highest BCUT2D eigenvalue weighted by Gasteiger charge is 2.29. The van der Waals surface area contributed by atoms with Crippen LogP contribution in [0, 0.1) is 5.92 Å². The summed E-state index contributed by atoms with van der Waals surface area (Å²) in [7, 11) is -3.42. The number of amides is 1. The molecule has 1 aliphatic heterocycles. The van der Waals surface area contributed by atoms with Crippen molar-refractivity contribution in [1.82, 2.24) is 9.62 Å². The van der Waals surface area contributed by atoms with E-state index in [1.54, 1.807) is 4.90 Å². The number of carbonyl (C=O) groups is 2. The standard InChI is InChI=1S/C19H22N2O4S/c1-26(24,25)20-12-18(22)21-10-4-7-17(13-21)19(23)16-9-8-14-5-2-3-6-15(14)11-16/h2-3,5-6,8-9,11,17,20H,4,7,10,12-13H2,1H3/t17-/m0/s1. The predicted molar refractivity (Wildman–Crippen MR) is 100 cm³/mol. The topological polar surface area (TPSA) is 83.6 Å². The van der Waals surface area contributed by atoms with Gasteiger partial charge < -0.3 is 4.90 Å². The number of carbonyl (C=O) groups excluding carboxylic acids is 2. The van der Waals surface area contributed by atoms with E-state index in [-0.39, 0.29) is 24.2 Å². The summed E-state index contributed by atoms with van der Waals surface area (Å²) in [5.41, 5.74) is 0.650. The first-order valence-electron chi connectivity index (χ1n) is 8.59. The summed E-state index contributed by atoms with van der Waals surface area (Å²) in [6, 6.07) is 13.5. The molecule has 0 saturated carbocycles. The van der Waals surface area contributed by atoms with Gasteiger partial charge in [0.25, 0.3) is 0 Å². The Bertz CT molecular complexity index is 939. The van der Waals surface area contributed by atoms with Crippen molar-refractivity contribution in [3.8, 4) is 0 Å². The lowest BCUT2D eigenvalue weighted by Crippen LogP contribution is -2.46. The molecule has 1 aliphatic rings. The van der Waals surface area contributed by atoms with E-state index in [9.17, 15) is 18.0 Å². The molecule has 3 rings (SSSR count). The molecule has 0 aliphatic carbocycles. The van der Waals surface area contributed by atoms with E-state index in [4.69, 9.17) is 0 Å². The van der Waals surface area contributed by atoms with Crippen molar-refractivity contribution in [1.29, 1.82) is 0 Å². The molecule has 1 saturated heterocycles. The van der Waals surface area contributed by atoms with E-state index in [0.717, 1.165) is 29.9 Å². The lowest BCUT2D eigenvalue weighted by Gasteiger charge is -2.32. The number of nitrogens with one attached hydrogen (secondary N) is 1. The van der Waals surface area contributed by atoms with Crippen LogP contribution in [0.1, 0.15) is 23.2 Å². The molecule has 0 radical (unpaired) electrons. The van der Waals surface area contributed by atoms with Gasteiger partial charge in [0, 0.05) is 24.6 Å². The summed E-state index contributed by atoms with van der Waals surface area (Å²) in [6.07, 6.45) is 2.48. The van der Waals surface area contributed by atoms with Crippen LogP contribution in [0.3, 0.4) is 0 Å². The van der Waals surface area contributed by atoms with Crippen LogP contribution in [-0.4, -0.2) is 50.9 Å². The first kappa shape index (κ1) is 18.5. The number of hydrogen-bond donors (Lipinski definition) is 1. The number of benzene rings is 2. The highest BCUT2D eigenvalue weighted by molar-refractivity contribution is 7.88. The number of hydrogen-bond acceptors (Lipinski definition) is 4. The summed E-state index contributed by atoms with van der Waals surface area (Å²) >= 11 is 0. The molecule has 1 heterocycles. The quantitative estimate of drug-likeness (QED) is 0.809. The average molecular weight is 374 g/mol. The Morgan fingerprint density at radius 1 is 1.15 bits per heavy atom. The first-order chi connectivity index (χ1) is 12.3. The van der Waals surface area contributed by atoms with Gasteiger partial charge in [-0.1, -0.05) is 36.4 Å². The third kappa shape index (κ3) is 4.47. The van der Waals surface area contributed by atoms with Crippen LogP contribution < -0.4 is 4.72 Å². The van der Waals surface area contributed by atoms with Gasteiger partial charge >= 0.3 is 0 Å². The number of fused-ring (bicyclic) bond motifs is 1. The third-order valence-corrected chi connectivity index (χ3v) is 5.33. The normalized spacial score (nSPS) is 18.0. The summed E-state index contributed by atoms with van der Waals surface area (Å²) in [6.45, 7) is 0.609. The van der Waals surface area contributed by atoms with Crippen LogP contribution in [-0.2, 0) is 14.8 Å². The van der Waals surface area contributed by atoms with Crippen LogP contribution in [0.15, 0.2) is 42.5 Å². The van der Waals surface area contributed by atoms with E-state index in [0.29, 0.717) is 18.7 Å². The van der Waals surface area contributed by atoms with Crippen molar-refractivity contribution in [2.24, 2.45) is 5.92 Å². The number of piperidine rings is 1.